The second-order valence-electron chi connectivity index (χ2n) is 11.5. The third-order valence-corrected chi connectivity index (χ3v) is 8.95. The monoisotopic (exact) mass is 548 g/mol. The number of nitrogens with one attached hydrogen (secondary N) is 2. The largest absolute Gasteiger partial charge is 0.382 e. The molecule has 2 atom stereocenters. The van der Waals surface area contributed by atoms with E-state index < -0.39 is 0 Å². The predicted octanol–water partition coefficient (Wildman–Crippen LogP) is 4.75. The Labute approximate surface area is 240 Å². The summed E-state index contributed by atoms with van der Waals surface area (Å²) in [5.41, 5.74) is 12.5. The maximum absolute atomic E-state index is 12.4. The van der Waals surface area contributed by atoms with Crippen LogP contribution in [0.4, 0.5) is 0 Å². The summed E-state index contributed by atoms with van der Waals surface area (Å²) < 4.78 is 5.53. The van der Waals surface area contributed by atoms with E-state index in [-0.39, 0.29) is 18.2 Å². The Morgan fingerprint density at radius 3 is 2.66 bits per heavy atom. The highest BCUT2D eigenvalue weighted by Gasteiger charge is 2.40. The van der Waals surface area contributed by atoms with Crippen molar-refractivity contribution in [3.05, 3.63) is 84.3 Å². The van der Waals surface area contributed by atoms with Gasteiger partial charge in [0.15, 0.2) is 0 Å². The van der Waals surface area contributed by atoms with E-state index in [1.165, 1.54) is 0 Å². The van der Waals surface area contributed by atoms with Crippen LogP contribution < -0.4 is 16.4 Å². The molecule has 2 unspecified atom stereocenters. The molecule has 3 aromatic rings. The maximum atomic E-state index is 12.4. The van der Waals surface area contributed by atoms with Gasteiger partial charge in [0.2, 0.25) is 5.91 Å². The van der Waals surface area contributed by atoms with E-state index >= 15 is 0 Å². The number of carbonyl (C=O) groups is 1. The lowest BCUT2D eigenvalue weighted by Gasteiger charge is -2.37. The number of rotatable bonds is 6. The zero-order chi connectivity index (χ0) is 27.8. The number of amides is 1. The number of fused-ring (bicyclic) bond motifs is 2. The first-order valence-electron chi connectivity index (χ1n) is 14.8. The van der Waals surface area contributed by atoms with Crippen LogP contribution in [0.15, 0.2) is 83.8 Å². The van der Waals surface area contributed by atoms with Crippen molar-refractivity contribution in [3.63, 3.8) is 0 Å². The molecule has 3 aliphatic heterocycles. The molecule has 210 valence electrons. The standard InChI is InChI=1S/C33H36N6O2/c34-31-30-29(25-13-12-23-14-15-26(37-27(23)19-25)22-5-2-1-3-6-22)38-32(39(30)17-16-35-31)24-10-8-21(9-11-24)20-36-33(40)28-7-4-18-41-28/h1-3,5-6,12-17,19,21,24,28,32,38H,4,7-11,18,20H2,(H2,34,35)(H,36,40)/t21-,24-,28?,32?. The number of aliphatic imine (C=N–C) groups is 1. The Morgan fingerprint density at radius 1 is 1.02 bits per heavy atom. The van der Waals surface area contributed by atoms with Gasteiger partial charge in [0.1, 0.15) is 23.8 Å². The quantitative estimate of drug-likeness (QED) is 0.411. The molecule has 41 heavy (non-hydrogen) atoms. The van der Waals surface area contributed by atoms with Gasteiger partial charge in [-0.2, -0.15) is 0 Å². The number of pyridine rings is 1. The van der Waals surface area contributed by atoms with Gasteiger partial charge in [-0.05, 0) is 62.5 Å². The minimum absolute atomic E-state index is 0.0505. The van der Waals surface area contributed by atoms with Gasteiger partial charge in [-0.25, -0.2) is 9.98 Å². The number of benzene rings is 2. The van der Waals surface area contributed by atoms with Crippen LogP contribution in [0.3, 0.4) is 0 Å². The molecule has 8 nitrogen and oxygen atoms in total. The lowest BCUT2D eigenvalue weighted by Crippen LogP contribution is -2.45. The normalized spacial score (nSPS) is 25.7. The Bertz CT molecular complexity index is 1530. The number of nitrogens with two attached hydrogens (primary N) is 1. The van der Waals surface area contributed by atoms with Crippen molar-refractivity contribution >= 4 is 28.3 Å². The molecular formula is C33H36N6O2. The van der Waals surface area contributed by atoms with Gasteiger partial charge >= 0.3 is 0 Å². The van der Waals surface area contributed by atoms with Crippen LogP contribution >= 0.6 is 0 Å². The zero-order valence-electron chi connectivity index (χ0n) is 23.1. The fraction of sp³-hybridized carbons (Fsp3) is 0.364. The first kappa shape index (κ1) is 25.8. The highest BCUT2D eigenvalue weighted by Crippen LogP contribution is 2.39. The first-order chi connectivity index (χ1) is 20.1. The average Bonchev–Trinajstić information content (AvgIpc) is 3.70. The number of amidine groups is 1. The number of aromatic nitrogens is 1. The van der Waals surface area contributed by atoms with Crippen LogP contribution in [0.25, 0.3) is 27.9 Å². The molecule has 4 N–H and O–H groups in total. The van der Waals surface area contributed by atoms with Crippen molar-refractivity contribution in [2.75, 3.05) is 13.2 Å². The summed E-state index contributed by atoms with van der Waals surface area (Å²) in [6.07, 6.45) is 9.82. The van der Waals surface area contributed by atoms with E-state index in [0.717, 1.165) is 84.2 Å². The van der Waals surface area contributed by atoms with Crippen molar-refractivity contribution < 1.29 is 9.53 Å². The Kier molecular flexibility index (Phi) is 6.92. The second-order valence-corrected chi connectivity index (χ2v) is 11.5. The van der Waals surface area contributed by atoms with Gasteiger partial charge in [0.25, 0.3) is 0 Å². The van der Waals surface area contributed by atoms with Gasteiger partial charge in [0.05, 0.1) is 16.9 Å². The van der Waals surface area contributed by atoms with Crippen LogP contribution in [0.1, 0.15) is 44.1 Å². The maximum Gasteiger partial charge on any atom is 0.249 e. The third-order valence-electron chi connectivity index (χ3n) is 8.95. The number of hydrogen-bond acceptors (Lipinski definition) is 7. The van der Waals surface area contributed by atoms with Crippen LogP contribution in [0.5, 0.6) is 0 Å². The summed E-state index contributed by atoms with van der Waals surface area (Å²) in [5, 5.41) is 8.08. The summed E-state index contributed by atoms with van der Waals surface area (Å²) >= 11 is 0. The molecule has 2 fully saturated rings. The Morgan fingerprint density at radius 2 is 1.85 bits per heavy atom. The number of ether oxygens (including phenoxy) is 1. The van der Waals surface area contributed by atoms with E-state index in [9.17, 15) is 4.79 Å². The van der Waals surface area contributed by atoms with Gasteiger partial charge in [0, 0.05) is 42.1 Å². The molecule has 0 bridgehead atoms. The van der Waals surface area contributed by atoms with E-state index in [2.05, 4.69) is 63.0 Å². The summed E-state index contributed by atoms with van der Waals surface area (Å²) in [4.78, 5) is 24.1. The molecule has 4 heterocycles. The highest BCUT2D eigenvalue weighted by molar-refractivity contribution is 6.05. The number of hydrogen-bond donors (Lipinski definition) is 3. The molecule has 1 aliphatic carbocycles. The van der Waals surface area contributed by atoms with Crippen LogP contribution in [-0.2, 0) is 9.53 Å². The van der Waals surface area contributed by atoms with Crippen LogP contribution in [-0.4, -0.2) is 47.0 Å². The molecule has 8 heteroatoms. The van der Waals surface area contributed by atoms with Crippen molar-refractivity contribution in [1.29, 1.82) is 0 Å². The minimum atomic E-state index is -0.259. The summed E-state index contributed by atoms with van der Waals surface area (Å²) in [6.45, 7) is 1.43. The molecule has 1 aromatic heterocycles. The molecule has 7 rings (SSSR count). The Balaban J connectivity index is 1.08. The van der Waals surface area contributed by atoms with Gasteiger partial charge in [-0.3, -0.25) is 4.79 Å². The lowest BCUT2D eigenvalue weighted by atomic mass is 9.80. The summed E-state index contributed by atoms with van der Waals surface area (Å²) in [6, 6.07) is 20.9. The SMILES string of the molecule is NC1=NC=CN2C1=C(c1ccc3ccc(-c4ccccc4)nc3c1)NC2[C@H]1CC[C@H](CNC(=O)C2CCCO2)CC1. The van der Waals surface area contributed by atoms with Gasteiger partial charge in [-0.15, -0.1) is 0 Å². The molecule has 2 aromatic carbocycles. The summed E-state index contributed by atoms with van der Waals surface area (Å²) in [5.74, 6) is 1.52. The Hall–Kier alpha value is -4.17. The molecule has 0 spiro atoms. The summed E-state index contributed by atoms with van der Waals surface area (Å²) in [7, 11) is 0. The van der Waals surface area contributed by atoms with Crippen molar-refractivity contribution in [2.45, 2.75) is 50.8 Å². The first-order valence-corrected chi connectivity index (χ1v) is 14.8. The lowest BCUT2D eigenvalue weighted by molar-refractivity contribution is -0.130. The van der Waals surface area contributed by atoms with E-state index in [1.807, 2.05) is 24.4 Å². The van der Waals surface area contributed by atoms with E-state index in [4.69, 9.17) is 15.5 Å². The van der Waals surface area contributed by atoms with E-state index in [1.54, 1.807) is 6.20 Å². The average molecular weight is 549 g/mol. The van der Waals surface area contributed by atoms with Crippen molar-refractivity contribution in [3.8, 4) is 11.3 Å². The van der Waals surface area contributed by atoms with Crippen LogP contribution in [0, 0.1) is 11.8 Å². The molecular weight excluding hydrogens is 512 g/mol. The van der Waals surface area contributed by atoms with Crippen LogP contribution in [0.2, 0.25) is 0 Å². The molecule has 1 saturated heterocycles. The minimum Gasteiger partial charge on any atom is -0.382 e. The third kappa shape index (κ3) is 5.08. The predicted molar refractivity (Wildman–Crippen MR) is 161 cm³/mol. The van der Waals surface area contributed by atoms with Gasteiger partial charge < -0.3 is 26.0 Å². The molecule has 4 aliphatic rings. The van der Waals surface area contributed by atoms with Gasteiger partial charge in [-0.1, -0.05) is 48.5 Å². The number of nitrogens with zero attached hydrogens (tertiary/aromatic N) is 3. The second kappa shape index (κ2) is 11.0. The molecule has 0 radical (unpaired) electrons. The zero-order valence-corrected chi connectivity index (χ0v) is 23.1. The fourth-order valence-electron chi connectivity index (χ4n) is 6.69. The molecule has 1 saturated carbocycles. The topological polar surface area (TPSA) is 105 Å². The molecule has 1 amide bonds. The smallest absolute Gasteiger partial charge is 0.249 e. The highest BCUT2D eigenvalue weighted by atomic mass is 16.5. The fourth-order valence-corrected chi connectivity index (χ4v) is 6.69. The number of carbonyl (C=O) groups excluding carboxylic acids is 1. The van der Waals surface area contributed by atoms with E-state index in [0.29, 0.717) is 24.3 Å². The van der Waals surface area contributed by atoms with Crippen molar-refractivity contribution in [2.24, 2.45) is 22.6 Å². The van der Waals surface area contributed by atoms with Crippen molar-refractivity contribution in [1.82, 2.24) is 20.5 Å².